The summed E-state index contributed by atoms with van der Waals surface area (Å²) in [6, 6.07) is 0. The molecule has 1 aliphatic rings. The Morgan fingerprint density at radius 1 is 1.06 bits per heavy atom. The molecule has 0 spiro atoms. The smallest absolute Gasteiger partial charge is 0.184 e. The van der Waals surface area contributed by atoms with Gasteiger partial charge in [-0.25, -0.2) is 0 Å². The molecule has 0 amide bonds. The van der Waals surface area contributed by atoms with Crippen molar-refractivity contribution in [3.63, 3.8) is 0 Å². The summed E-state index contributed by atoms with van der Waals surface area (Å²) in [6.45, 7) is 6.05. The molecule has 1 N–H and O–H groups in total. The molecule has 1 rings (SSSR count). The molecule has 0 bridgehead atoms. The Labute approximate surface area is 106 Å². The molecule has 1 aliphatic heterocycles. The average molecular weight is 240 g/mol. The van der Waals surface area contributed by atoms with Gasteiger partial charge in [-0.2, -0.15) is 0 Å². The summed E-state index contributed by atoms with van der Waals surface area (Å²) in [5.74, 6) is 0.942. The van der Waals surface area contributed by atoms with E-state index >= 15 is 0 Å². The molecule has 0 aromatic rings. The number of ether oxygens (including phenoxy) is 1. The van der Waals surface area contributed by atoms with Gasteiger partial charge in [-0.1, -0.05) is 45.4 Å². The normalized spacial score (nSPS) is 14.8. The minimum absolute atomic E-state index is 0.785. The van der Waals surface area contributed by atoms with Gasteiger partial charge in [0.25, 0.3) is 0 Å². The highest BCUT2D eigenvalue weighted by Crippen LogP contribution is 2.06. The van der Waals surface area contributed by atoms with E-state index < -0.39 is 0 Å². The van der Waals surface area contributed by atoms with Gasteiger partial charge in [0.15, 0.2) is 5.90 Å². The summed E-state index contributed by atoms with van der Waals surface area (Å²) in [5, 5.41) is 3.45. The van der Waals surface area contributed by atoms with Crippen LogP contribution in [-0.4, -0.2) is 32.1 Å². The van der Waals surface area contributed by atoms with Gasteiger partial charge in [-0.3, -0.25) is 4.99 Å². The van der Waals surface area contributed by atoms with Crippen molar-refractivity contribution in [2.45, 2.75) is 58.3 Å². The van der Waals surface area contributed by atoms with Crippen molar-refractivity contribution in [2.24, 2.45) is 4.99 Å². The van der Waals surface area contributed by atoms with Crippen LogP contribution in [0.25, 0.3) is 0 Å². The first-order valence-corrected chi connectivity index (χ1v) is 7.30. The van der Waals surface area contributed by atoms with E-state index in [0.717, 1.165) is 38.6 Å². The third kappa shape index (κ3) is 8.19. The first-order valence-electron chi connectivity index (χ1n) is 7.30. The number of nitrogens with zero attached hydrogens (tertiary/aromatic N) is 1. The van der Waals surface area contributed by atoms with Gasteiger partial charge in [0.2, 0.25) is 0 Å². The number of aliphatic imine (C=N–C) groups is 1. The second kappa shape index (κ2) is 10.6. The molecule has 0 saturated carbocycles. The maximum atomic E-state index is 5.35. The minimum atomic E-state index is 0.785. The van der Waals surface area contributed by atoms with Crippen molar-refractivity contribution in [3.8, 4) is 0 Å². The third-order valence-corrected chi connectivity index (χ3v) is 3.12. The van der Waals surface area contributed by atoms with Gasteiger partial charge in [-0.15, -0.1) is 0 Å². The molecular formula is C14H28N2O. The fourth-order valence-electron chi connectivity index (χ4n) is 2.06. The van der Waals surface area contributed by atoms with Crippen molar-refractivity contribution in [2.75, 3.05) is 26.2 Å². The van der Waals surface area contributed by atoms with E-state index in [9.17, 15) is 0 Å². The number of hydrogen-bond donors (Lipinski definition) is 1. The van der Waals surface area contributed by atoms with Gasteiger partial charge in [-0.05, 0) is 13.0 Å². The quantitative estimate of drug-likeness (QED) is 0.563. The van der Waals surface area contributed by atoms with E-state index in [1.54, 1.807) is 0 Å². The number of nitrogens with one attached hydrogen (secondary N) is 1. The molecule has 0 unspecified atom stereocenters. The Morgan fingerprint density at radius 3 is 2.53 bits per heavy atom. The zero-order chi connectivity index (χ0) is 12.2. The first-order chi connectivity index (χ1) is 8.43. The second-order valence-electron chi connectivity index (χ2n) is 4.75. The molecule has 0 atom stereocenters. The van der Waals surface area contributed by atoms with Crippen LogP contribution in [0.1, 0.15) is 58.3 Å². The molecular weight excluding hydrogens is 212 g/mol. The zero-order valence-electron chi connectivity index (χ0n) is 11.3. The molecule has 17 heavy (non-hydrogen) atoms. The van der Waals surface area contributed by atoms with Gasteiger partial charge in [0.05, 0.1) is 6.54 Å². The predicted molar refractivity (Wildman–Crippen MR) is 73.7 cm³/mol. The highest BCUT2D eigenvalue weighted by Gasteiger charge is 2.05. The lowest BCUT2D eigenvalue weighted by Crippen LogP contribution is -2.19. The molecule has 0 saturated heterocycles. The molecule has 100 valence electrons. The van der Waals surface area contributed by atoms with Gasteiger partial charge in [0, 0.05) is 13.0 Å². The largest absolute Gasteiger partial charge is 0.479 e. The fraction of sp³-hybridized carbons (Fsp3) is 0.929. The highest BCUT2D eigenvalue weighted by molar-refractivity contribution is 5.77. The van der Waals surface area contributed by atoms with E-state index in [4.69, 9.17) is 4.74 Å². The molecule has 3 heteroatoms. The summed E-state index contributed by atoms with van der Waals surface area (Å²) < 4.78 is 5.35. The number of hydrogen-bond acceptors (Lipinski definition) is 3. The highest BCUT2D eigenvalue weighted by atomic mass is 16.5. The topological polar surface area (TPSA) is 33.6 Å². The Morgan fingerprint density at radius 2 is 1.82 bits per heavy atom. The van der Waals surface area contributed by atoms with Crippen LogP contribution in [0.2, 0.25) is 0 Å². The van der Waals surface area contributed by atoms with E-state index in [1.165, 1.54) is 44.9 Å². The third-order valence-electron chi connectivity index (χ3n) is 3.12. The molecule has 0 aromatic heterocycles. The summed E-state index contributed by atoms with van der Waals surface area (Å²) in [4.78, 5) is 4.27. The van der Waals surface area contributed by atoms with Crippen LogP contribution in [-0.2, 0) is 4.74 Å². The molecule has 0 aliphatic carbocycles. The van der Waals surface area contributed by atoms with Gasteiger partial charge >= 0.3 is 0 Å². The Bertz CT molecular complexity index is 204. The van der Waals surface area contributed by atoms with E-state index in [1.807, 2.05) is 0 Å². The maximum Gasteiger partial charge on any atom is 0.184 e. The summed E-state index contributed by atoms with van der Waals surface area (Å²) in [5.41, 5.74) is 0. The van der Waals surface area contributed by atoms with Crippen molar-refractivity contribution >= 4 is 5.90 Å². The van der Waals surface area contributed by atoms with E-state index in [-0.39, 0.29) is 0 Å². The van der Waals surface area contributed by atoms with Crippen molar-refractivity contribution in [1.82, 2.24) is 5.32 Å². The lowest BCUT2D eigenvalue weighted by atomic mass is 10.1. The van der Waals surface area contributed by atoms with Crippen LogP contribution in [0, 0.1) is 0 Å². The van der Waals surface area contributed by atoms with Gasteiger partial charge in [0.1, 0.15) is 6.61 Å². The van der Waals surface area contributed by atoms with Crippen LogP contribution in [0.3, 0.4) is 0 Å². The Hall–Kier alpha value is -0.570. The van der Waals surface area contributed by atoms with Crippen molar-refractivity contribution in [1.29, 1.82) is 0 Å². The SMILES string of the molecule is CCCCCCCCCNCCC1=NCCO1. The maximum absolute atomic E-state index is 5.35. The summed E-state index contributed by atoms with van der Waals surface area (Å²) in [7, 11) is 0. The van der Waals surface area contributed by atoms with E-state index in [0.29, 0.717) is 0 Å². The van der Waals surface area contributed by atoms with Crippen LogP contribution >= 0.6 is 0 Å². The van der Waals surface area contributed by atoms with Crippen molar-refractivity contribution in [3.05, 3.63) is 0 Å². The van der Waals surface area contributed by atoms with Crippen LogP contribution in [0.5, 0.6) is 0 Å². The van der Waals surface area contributed by atoms with Crippen LogP contribution in [0.15, 0.2) is 4.99 Å². The Kier molecular flexibility index (Phi) is 9.01. The number of unbranched alkanes of at least 4 members (excludes halogenated alkanes) is 6. The summed E-state index contributed by atoms with van der Waals surface area (Å²) in [6.07, 6.45) is 10.6. The van der Waals surface area contributed by atoms with Crippen LogP contribution in [0.4, 0.5) is 0 Å². The first kappa shape index (κ1) is 14.5. The minimum Gasteiger partial charge on any atom is -0.479 e. The molecule has 1 heterocycles. The zero-order valence-corrected chi connectivity index (χ0v) is 11.3. The van der Waals surface area contributed by atoms with Gasteiger partial charge < -0.3 is 10.1 Å². The standard InChI is InChI=1S/C14H28N2O/c1-2-3-4-5-6-7-8-10-15-11-9-14-16-12-13-17-14/h15H,2-13H2,1H3. The molecule has 0 aromatic carbocycles. The molecule has 0 fully saturated rings. The lowest BCUT2D eigenvalue weighted by Gasteiger charge is -2.05. The second-order valence-corrected chi connectivity index (χ2v) is 4.75. The Balaban J connectivity index is 1.72. The summed E-state index contributed by atoms with van der Waals surface area (Å²) >= 11 is 0. The van der Waals surface area contributed by atoms with Crippen LogP contribution < -0.4 is 5.32 Å². The fourth-order valence-corrected chi connectivity index (χ4v) is 2.06. The molecule has 3 nitrogen and oxygen atoms in total. The monoisotopic (exact) mass is 240 g/mol. The predicted octanol–water partition coefficient (Wildman–Crippen LogP) is 3.15. The van der Waals surface area contributed by atoms with E-state index in [2.05, 4.69) is 17.2 Å². The van der Waals surface area contributed by atoms with Crippen molar-refractivity contribution < 1.29 is 4.74 Å². The lowest BCUT2D eigenvalue weighted by molar-refractivity contribution is 0.337. The average Bonchev–Trinajstić information content (AvgIpc) is 2.85. The number of rotatable bonds is 11. The molecule has 0 radical (unpaired) electrons.